The van der Waals surface area contributed by atoms with Gasteiger partial charge in [0.1, 0.15) is 6.04 Å². The summed E-state index contributed by atoms with van der Waals surface area (Å²) in [5.41, 5.74) is 0. The first-order valence-electron chi connectivity index (χ1n) is 4.51. The molecule has 0 saturated carbocycles. The van der Waals surface area contributed by atoms with Gasteiger partial charge in [0.05, 0.1) is 0 Å². The first-order valence-corrected chi connectivity index (χ1v) is 6.28. The predicted octanol–water partition coefficient (Wildman–Crippen LogP) is 1.78. The van der Waals surface area contributed by atoms with E-state index in [9.17, 15) is 27.2 Å². The third kappa shape index (κ3) is 4.52. The van der Waals surface area contributed by atoms with E-state index in [0.29, 0.717) is 0 Å². The molecule has 106 valence electrons. The molecule has 0 aliphatic carbocycles. The van der Waals surface area contributed by atoms with E-state index in [4.69, 9.17) is 5.11 Å². The SMILES string of the molecule is CSCCC(NC(=O)C(F)(F)C(F)(F)Cl)C(=O)O. The number of nitrogens with one attached hydrogen (secondary N) is 1. The Morgan fingerprint density at radius 2 is 1.89 bits per heavy atom. The number of aliphatic carboxylic acids is 1. The molecule has 1 unspecified atom stereocenters. The summed E-state index contributed by atoms with van der Waals surface area (Å²) in [6.07, 6.45) is 1.45. The molecule has 0 spiro atoms. The van der Waals surface area contributed by atoms with Gasteiger partial charge in [-0.1, -0.05) is 0 Å². The zero-order valence-electron chi connectivity index (χ0n) is 9.05. The number of carbonyl (C=O) groups excluding carboxylic acids is 1. The Hall–Kier alpha value is -0.700. The van der Waals surface area contributed by atoms with Crippen LogP contribution < -0.4 is 5.32 Å². The molecular weight excluding hydrogens is 302 g/mol. The Morgan fingerprint density at radius 3 is 2.22 bits per heavy atom. The Kier molecular flexibility index (Phi) is 6.21. The van der Waals surface area contributed by atoms with Crippen LogP contribution in [0.25, 0.3) is 0 Å². The van der Waals surface area contributed by atoms with Gasteiger partial charge in [-0.15, -0.1) is 0 Å². The zero-order valence-corrected chi connectivity index (χ0v) is 10.6. The van der Waals surface area contributed by atoms with Crippen LogP contribution in [0.5, 0.6) is 0 Å². The smallest absolute Gasteiger partial charge is 0.400 e. The van der Waals surface area contributed by atoms with Crippen molar-refractivity contribution in [2.24, 2.45) is 0 Å². The van der Waals surface area contributed by atoms with Gasteiger partial charge < -0.3 is 10.4 Å². The van der Waals surface area contributed by atoms with Crippen molar-refractivity contribution >= 4 is 35.2 Å². The maximum Gasteiger partial charge on any atom is 0.400 e. The molecule has 1 atom stereocenters. The first kappa shape index (κ1) is 17.3. The normalized spacial score (nSPS) is 14.1. The molecule has 18 heavy (non-hydrogen) atoms. The summed E-state index contributed by atoms with van der Waals surface area (Å²) in [6, 6.07) is -1.67. The maximum atomic E-state index is 12.8. The quantitative estimate of drug-likeness (QED) is 0.555. The van der Waals surface area contributed by atoms with Crippen molar-refractivity contribution in [1.29, 1.82) is 0 Å². The Balaban J connectivity index is 4.75. The highest BCUT2D eigenvalue weighted by molar-refractivity contribution is 7.98. The van der Waals surface area contributed by atoms with Gasteiger partial charge in [-0.05, 0) is 30.0 Å². The molecule has 0 aromatic carbocycles. The summed E-state index contributed by atoms with van der Waals surface area (Å²) in [5.74, 6) is -8.94. The third-order valence-electron chi connectivity index (χ3n) is 1.86. The summed E-state index contributed by atoms with van der Waals surface area (Å²) in [6.45, 7) is 0. The molecule has 0 aliphatic heterocycles. The average Bonchev–Trinajstić information content (AvgIpc) is 2.21. The molecule has 1 amide bonds. The van der Waals surface area contributed by atoms with Gasteiger partial charge in [0, 0.05) is 0 Å². The van der Waals surface area contributed by atoms with Gasteiger partial charge in [0.15, 0.2) is 0 Å². The van der Waals surface area contributed by atoms with E-state index in [0.717, 1.165) is 0 Å². The molecule has 4 nitrogen and oxygen atoms in total. The third-order valence-corrected chi connectivity index (χ3v) is 2.74. The molecule has 0 fully saturated rings. The number of rotatable bonds is 7. The van der Waals surface area contributed by atoms with Crippen LogP contribution in [0.4, 0.5) is 17.6 Å². The number of amides is 1. The number of halogens is 5. The highest BCUT2D eigenvalue weighted by Gasteiger charge is 2.61. The lowest BCUT2D eigenvalue weighted by molar-refractivity contribution is -0.182. The van der Waals surface area contributed by atoms with Gasteiger partial charge in [0.25, 0.3) is 5.91 Å². The minimum absolute atomic E-state index is 0.174. The van der Waals surface area contributed by atoms with Gasteiger partial charge in [-0.3, -0.25) is 4.79 Å². The van der Waals surface area contributed by atoms with Crippen LogP contribution in [-0.2, 0) is 9.59 Å². The molecule has 0 radical (unpaired) electrons. The van der Waals surface area contributed by atoms with Crippen molar-refractivity contribution in [3.8, 4) is 0 Å². The lowest BCUT2D eigenvalue weighted by Gasteiger charge is -2.22. The second-order valence-corrected chi connectivity index (χ2v) is 4.68. The standard InChI is InChI=1S/C8H10ClF4NO3S/c1-18-3-2-4(5(15)16)14-6(17)7(10,11)8(9,12)13/h4H,2-3H2,1H3,(H,14,17)(H,15,16). The number of hydrogen-bond acceptors (Lipinski definition) is 3. The van der Waals surface area contributed by atoms with Crippen LogP contribution in [-0.4, -0.2) is 46.3 Å². The van der Waals surface area contributed by atoms with Crippen molar-refractivity contribution in [3.63, 3.8) is 0 Å². The summed E-state index contributed by atoms with van der Waals surface area (Å²) in [7, 11) is 0. The average molecular weight is 312 g/mol. The lowest BCUT2D eigenvalue weighted by atomic mass is 10.2. The van der Waals surface area contributed by atoms with Crippen molar-refractivity contribution in [3.05, 3.63) is 0 Å². The number of alkyl halides is 5. The van der Waals surface area contributed by atoms with Crippen LogP contribution in [0.1, 0.15) is 6.42 Å². The van der Waals surface area contributed by atoms with E-state index in [1.807, 2.05) is 0 Å². The van der Waals surface area contributed by atoms with E-state index in [1.54, 1.807) is 6.26 Å². The van der Waals surface area contributed by atoms with E-state index in [1.165, 1.54) is 17.1 Å². The molecule has 0 aromatic rings. The van der Waals surface area contributed by atoms with Gasteiger partial charge >= 0.3 is 17.3 Å². The van der Waals surface area contributed by atoms with Crippen molar-refractivity contribution < 1.29 is 32.3 Å². The van der Waals surface area contributed by atoms with Crippen molar-refractivity contribution in [1.82, 2.24) is 5.32 Å². The molecule has 0 aromatic heterocycles. The molecule has 0 heterocycles. The van der Waals surface area contributed by atoms with Gasteiger partial charge in [-0.25, -0.2) is 4.79 Å². The summed E-state index contributed by atoms with van der Waals surface area (Å²) >= 11 is 5.30. The van der Waals surface area contributed by atoms with Crippen LogP contribution in [0.3, 0.4) is 0 Å². The van der Waals surface area contributed by atoms with Gasteiger partial charge in [-0.2, -0.15) is 29.3 Å². The molecule has 2 N–H and O–H groups in total. The van der Waals surface area contributed by atoms with Gasteiger partial charge in [0.2, 0.25) is 0 Å². The van der Waals surface area contributed by atoms with Crippen LogP contribution in [0.2, 0.25) is 0 Å². The highest BCUT2D eigenvalue weighted by atomic mass is 35.5. The lowest BCUT2D eigenvalue weighted by Crippen LogP contribution is -2.54. The van der Waals surface area contributed by atoms with Crippen molar-refractivity contribution in [2.75, 3.05) is 12.0 Å². The van der Waals surface area contributed by atoms with E-state index >= 15 is 0 Å². The zero-order chi connectivity index (χ0) is 14.6. The molecular formula is C8H10ClF4NO3S. The Bertz CT molecular complexity index is 324. The van der Waals surface area contributed by atoms with Crippen LogP contribution in [0, 0.1) is 0 Å². The number of carbonyl (C=O) groups is 2. The Morgan fingerprint density at radius 1 is 1.39 bits per heavy atom. The monoisotopic (exact) mass is 311 g/mol. The minimum Gasteiger partial charge on any atom is -0.480 e. The van der Waals surface area contributed by atoms with Crippen molar-refractivity contribution in [2.45, 2.75) is 23.8 Å². The van der Waals surface area contributed by atoms with Crippen LogP contribution >= 0.6 is 23.4 Å². The van der Waals surface area contributed by atoms with Crippen LogP contribution in [0.15, 0.2) is 0 Å². The largest absolute Gasteiger partial charge is 0.480 e. The number of hydrogen-bond donors (Lipinski definition) is 2. The fourth-order valence-corrected chi connectivity index (χ4v) is 1.43. The highest BCUT2D eigenvalue weighted by Crippen LogP contribution is 2.37. The molecule has 0 aliphatic rings. The molecule has 0 rings (SSSR count). The summed E-state index contributed by atoms with van der Waals surface area (Å²) < 4.78 is 50.1. The summed E-state index contributed by atoms with van der Waals surface area (Å²) in [4.78, 5) is 21.5. The number of thioether (sulfide) groups is 1. The van der Waals surface area contributed by atoms with E-state index in [2.05, 4.69) is 11.6 Å². The first-order chi connectivity index (χ1) is 8.04. The van der Waals surface area contributed by atoms with E-state index in [-0.39, 0.29) is 12.2 Å². The molecule has 0 bridgehead atoms. The number of carboxylic acid groups (broad SMARTS) is 1. The second kappa shape index (κ2) is 6.46. The fourth-order valence-electron chi connectivity index (χ4n) is 0.871. The second-order valence-electron chi connectivity index (χ2n) is 3.22. The summed E-state index contributed by atoms with van der Waals surface area (Å²) in [5, 5.41) is 4.88. The predicted molar refractivity (Wildman–Crippen MR) is 58.3 cm³/mol. The maximum absolute atomic E-state index is 12.8. The minimum atomic E-state index is -5.18. The molecule has 10 heteroatoms. The van der Waals surface area contributed by atoms with E-state index < -0.39 is 29.2 Å². The topological polar surface area (TPSA) is 66.4 Å². The number of carboxylic acids is 1. The fraction of sp³-hybridized carbons (Fsp3) is 0.750. The Labute approximate surface area is 109 Å². The molecule has 0 saturated heterocycles.